The van der Waals surface area contributed by atoms with Crippen molar-refractivity contribution in [2.75, 3.05) is 18.4 Å². The zero-order chi connectivity index (χ0) is 22.7. The highest BCUT2D eigenvalue weighted by atomic mass is 19.4. The number of nitrogens with one attached hydrogen (secondary N) is 2. The molecule has 1 aromatic heterocycles. The Balaban J connectivity index is 1.61. The van der Waals surface area contributed by atoms with Gasteiger partial charge in [0, 0.05) is 11.6 Å². The number of carbonyl (C=O) groups excluding carboxylic acids is 1. The Labute approximate surface area is 183 Å². The molecule has 3 aromatic rings. The van der Waals surface area contributed by atoms with E-state index in [1.165, 1.54) is 12.1 Å². The number of hydrogen-bond donors (Lipinski definition) is 2. The molecule has 6 nitrogen and oxygen atoms in total. The van der Waals surface area contributed by atoms with Gasteiger partial charge < -0.3 is 15.4 Å². The summed E-state index contributed by atoms with van der Waals surface area (Å²) in [7, 11) is 0. The molecule has 0 saturated carbocycles. The van der Waals surface area contributed by atoms with Crippen LogP contribution in [0.2, 0.25) is 0 Å². The summed E-state index contributed by atoms with van der Waals surface area (Å²) in [6.45, 7) is 3.70. The number of aryl methyl sites for hydroxylation is 1. The molecule has 0 bridgehead atoms. The first kappa shape index (κ1) is 21.9. The van der Waals surface area contributed by atoms with Crippen molar-refractivity contribution >= 4 is 11.6 Å². The Morgan fingerprint density at radius 2 is 1.88 bits per heavy atom. The topological polar surface area (TPSA) is 68.2 Å². The maximum Gasteiger partial charge on any atom is 0.573 e. The van der Waals surface area contributed by atoms with E-state index in [-0.39, 0.29) is 17.6 Å². The average Bonchev–Trinajstić information content (AvgIpc) is 3.20. The molecule has 1 amide bonds. The second-order valence-electron chi connectivity index (χ2n) is 7.74. The molecule has 2 heterocycles. The van der Waals surface area contributed by atoms with Gasteiger partial charge in [-0.3, -0.25) is 4.79 Å². The van der Waals surface area contributed by atoms with Gasteiger partial charge in [0.15, 0.2) is 0 Å². The number of anilines is 1. The summed E-state index contributed by atoms with van der Waals surface area (Å²) in [6, 6.07) is 13.0. The molecule has 2 N–H and O–H groups in total. The Kier molecular flexibility index (Phi) is 6.18. The van der Waals surface area contributed by atoms with Gasteiger partial charge in [0.2, 0.25) is 0 Å². The molecule has 0 spiro atoms. The van der Waals surface area contributed by atoms with Crippen molar-refractivity contribution in [3.63, 3.8) is 0 Å². The van der Waals surface area contributed by atoms with Crippen LogP contribution in [0, 0.1) is 6.92 Å². The molecule has 4 rings (SSSR count). The molecule has 1 fully saturated rings. The number of nitrogens with zero attached hydrogens (tertiary/aromatic N) is 2. The number of alkyl halides is 3. The first-order chi connectivity index (χ1) is 15.3. The summed E-state index contributed by atoms with van der Waals surface area (Å²) in [5.41, 5.74) is 3.62. The monoisotopic (exact) mass is 444 g/mol. The van der Waals surface area contributed by atoms with Crippen LogP contribution in [-0.4, -0.2) is 35.1 Å². The number of halogens is 3. The highest BCUT2D eigenvalue weighted by Gasteiger charge is 2.31. The molecule has 1 saturated heterocycles. The van der Waals surface area contributed by atoms with Gasteiger partial charge in [-0.1, -0.05) is 12.1 Å². The zero-order valence-electron chi connectivity index (χ0n) is 17.4. The van der Waals surface area contributed by atoms with Crippen molar-refractivity contribution < 1.29 is 22.7 Å². The smallest absolute Gasteiger partial charge is 0.406 e. The van der Waals surface area contributed by atoms with Gasteiger partial charge in [0.25, 0.3) is 5.91 Å². The van der Waals surface area contributed by atoms with E-state index < -0.39 is 6.36 Å². The molecule has 32 heavy (non-hydrogen) atoms. The summed E-state index contributed by atoms with van der Waals surface area (Å²) in [5.74, 6) is -0.553. The van der Waals surface area contributed by atoms with Gasteiger partial charge in [-0.25, -0.2) is 4.68 Å². The third-order valence-electron chi connectivity index (χ3n) is 5.37. The third kappa shape index (κ3) is 5.11. The largest absolute Gasteiger partial charge is 0.573 e. The molecule has 168 valence electrons. The summed E-state index contributed by atoms with van der Waals surface area (Å²) < 4.78 is 42.8. The normalized spacial score (nSPS) is 14.9. The molecule has 0 aliphatic carbocycles. The number of rotatable bonds is 5. The minimum absolute atomic E-state index is 0.155. The van der Waals surface area contributed by atoms with Crippen LogP contribution in [0.4, 0.5) is 18.9 Å². The van der Waals surface area contributed by atoms with Crippen molar-refractivity contribution in [2.45, 2.75) is 32.0 Å². The number of carbonyl (C=O) groups is 1. The summed E-state index contributed by atoms with van der Waals surface area (Å²) in [6.07, 6.45) is -1.46. The fourth-order valence-corrected chi connectivity index (χ4v) is 3.92. The minimum atomic E-state index is -4.76. The SMILES string of the molecule is Cc1cccc(-n2ncc(C(=O)Nc3ccc(OC(F)(F)F)cc3)c2C2CCNCC2)c1. The van der Waals surface area contributed by atoms with Crippen LogP contribution in [0.15, 0.2) is 54.7 Å². The molecule has 1 aliphatic heterocycles. The van der Waals surface area contributed by atoms with Crippen molar-refractivity contribution in [3.8, 4) is 11.4 Å². The molecule has 2 aromatic carbocycles. The molecule has 1 aliphatic rings. The number of amides is 1. The zero-order valence-corrected chi connectivity index (χ0v) is 17.4. The fourth-order valence-electron chi connectivity index (χ4n) is 3.92. The summed E-state index contributed by atoms with van der Waals surface area (Å²) >= 11 is 0. The van der Waals surface area contributed by atoms with Gasteiger partial charge in [-0.2, -0.15) is 5.10 Å². The van der Waals surface area contributed by atoms with Crippen LogP contribution >= 0.6 is 0 Å². The highest BCUT2D eigenvalue weighted by molar-refractivity contribution is 6.05. The van der Waals surface area contributed by atoms with E-state index in [4.69, 9.17) is 0 Å². The summed E-state index contributed by atoms with van der Waals surface area (Å²) in [5, 5.41) is 10.6. The van der Waals surface area contributed by atoms with E-state index >= 15 is 0 Å². The van der Waals surface area contributed by atoms with E-state index in [1.54, 1.807) is 6.20 Å². The van der Waals surface area contributed by atoms with Gasteiger partial charge in [-0.05, 0) is 74.8 Å². The highest BCUT2D eigenvalue weighted by Crippen LogP contribution is 2.31. The third-order valence-corrected chi connectivity index (χ3v) is 5.37. The maximum absolute atomic E-state index is 13.1. The maximum atomic E-state index is 13.1. The van der Waals surface area contributed by atoms with E-state index in [0.29, 0.717) is 11.3 Å². The average molecular weight is 444 g/mol. The molecule has 0 unspecified atom stereocenters. The van der Waals surface area contributed by atoms with Crippen LogP contribution < -0.4 is 15.4 Å². The quantitative estimate of drug-likeness (QED) is 0.593. The number of aromatic nitrogens is 2. The second-order valence-corrected chi connectivity index (χ2v) is 7.74. The second kappa shape index (κ2) is 9.04. The molecular weight excluding hydrogens is 421 g/mol. The molecule has 0 atom stereocenters. The number of ether oxygens (including phenoxy) is 1. The van der Waals surface area contributed by atoms with Crippen LogP contribution in [0.1, 0.15) is 40.4 Å². The predicted molar refractivity (Wildman–Crippen MR) is 114 cm³/mol. The Morgan fingerprint density at radius 1 is 1.16 bits per heavy atom. The lowest BCUT2D eigenvalue weighted by atomic mass is 9.91. The van der Waals surface area contributed by atoms with E-state index in [2.05, 4.69) is 20.5 Å². The van der Waals surface area contributed by atoms with Gasteiger partial charge in [-0.15, -0.1) is 13.2 Å². The van der Waals surface area contributed by atoms with Crippen molar-refractivity contribution in [1.82, 2.24) is 15.1 Å². The minimum Gasteiger partial charge on any atom is -0.406 e. The number of piperidine rings is 1. The van der Waals surface area contributed by atoms with Crippen LogP contribution in [0.25, 0.3) is 5.69 Å². The molecule has 0 radical (unpaired) electrons. The Hall–Kier alpha value is -3.33. The number of hydrogen-bond acceptors (Lipinski definition) is 4. The predicted octanol–water partition coefficient (Wildman–Crippen LogP) is 4.80. The molecule has 9 heteroatoms. The Bertz CT molecular complexity index is 1090. The lowest BCUT2D eigenvalue weighted by Crippen LogP contribution is -2.29. The van der Waals surface area contributed by atoms with Gasteiger partial charge >= 0.3 is 6.36 Å². The lowest BCUT2D eigenvalue weighted by Gasteiger charge is -2.24. The molecular formula is C23H23F3N4O2. The van der Waals surface area contributed by atoms with E-state index in [9.17, 15) is 18.0 Å². The van der Waals surface area contributed by atoms with Gasteiger partial charge in [0.1, 0.15) is 5.75 Å². The van der Waals surface area contributed by atoms with E-state index in [1.807, 2.05) is 35.9 Å². The fraction of sp³-hybridized carbons (Fsp3) is 0.304. The van der Waals surface area contributed by atoms with E-state index in [0.717, 1.165) is 55.0 Å². The first-order valence-electron chi connectivity index (χ1n) is 10.3. The van der Waals surface area contributed by atoms with Crippen molar-refractivity contribution in [1.29, 1.82) is 0 Å². The standard InChI is InChI=1S/C23H23F3N4O2/c1-15-3-2-4-18(13-15)30-21(16-9-11-27-12-10-16)20(14-28-30)22(31)29-17-5-7-19(8-6-17)32-23(24,25)26/h2-8,13-14,16,27H,9-12H2,1H3,(H,29,31). The van der Waals surface area contributed by atoms with Gasteiger partial charge in [0.05, 0.1) is 23.1 Å². The first-order valence-corrected chi connectivity index (χ1v) is 10.3. The van der Waals surface area contributed by atoms with Crippen LogP contribution in [0.5, 0.6) is 5.75 Å². The van der Waals surface area contributed by atoms with Crippen LogP contribution in [0.3, 0.4) is 0 Å². The van der Waals surface area contributed by atoms with Crippen molar-refractivity contribution in [3.05, 3.63) is 71.5 Å². The lowest BCUT2D eigenvalue weighted by molar-refractivity contribution is -0.274. The number of benzene rings is 2. The Morgan fingerprint density at radius 3 is 2.53 bits per heavy atom. The van der Waals surface area contributed by atoms with Crippen LogP contribution in [-0.2, 0) is 0 Å². The summed E-state index contributed by atoms with van der Waals surface area (Å²) in [4.78, 5) is 13.1. The van der Waals surface area contributed by atoms with Crippen molar-refractivity contribution in [2.24, 2.45) is 0 Å².